The molecule has 1 aromatic rings. The van der Waals surface area contributed by atoms with Gasteiger partial charge < -0.3 is 19.3 Å². The summed E-state index contributed by atoms with van der Waals surface area (Å²) in [5.74, 6) is -1.25. The van der Waals surface area contributed by atoms with Gasteiger partial charge in [0.25, 0.3) is 0 Å². The third-order valence-corrected chi connectivity index (χ3v) is 5.21. The van der Waals surface area contributed by atoms with Crippen molar-refractivity contribution >= 4 is 29.2 Å². The first-order valence-electron chi connectivity index (χ1n) is 9.17. The van der Waals surface area contributed by atoms with Crippen molar-refractivity contribution in [2.45, 2.75) is 25.7 Å². The number of esters is 2. The highest BCUT2D eigenvalue weighted by molar-refractivity contribution is 6.05. The lowest BCUT2D eigenvalue weighted by atomic mass is 9.77. The fraction of sp³-hybridized carbons (Fsp3) is 0.318. The molecule has 2 aliphatic heterocycles. The highest BCUT2D eigenvalue weighted by Gasteiger charge is 2.36. The quantitative estimate of drug-likeness (QED) is 0.732. The van der Waals surface area contributed by atoms with Crippen molar-refractivity contribution in [3.05, 3.63) is 59.5 Å². The van der Waals surface area contributed by atoms with Crippen LogP contribution in [0.1, 0.15) is 25.8 Å². The Labute approximate surface area is 169 Å². The monoisotopic (exact) mass is 396 g/mol. The minimum absolute atomic E-state index is 0.0530. The standard InChI is InChI=1S/C22H24N2O5/c1-22(2)13-18(25)23(3)17-10-9-14(12-16(17)22)24-11-7-6-8-15(20(26)28-4)19(24)21(27)29-5/h6-12H,13H2,1-5H3. The number of carbonyl (C=O) groups excluding carboxylic acids is 3. The minimum atomic E-state index is -0.661. The van der Waals surface area contributed by atoms with Gasteiger partial charge in [-0.2, -0.15) is 0 Å². The van der Waals surface area contributed by atoms with Crippen molar-refractivity contribution in [3.8, 4) is 0 Å². The average molecular weight is 396 g/mol. The van der Waals surface area contributed by atoms with E-state index in [9.17, 15) is 14.4 Å². The summed E-state index contributed by atoms with van der Waals surface area (Å²) in [6.07, 6.45) is 6.96. The largest absolute Gasteiger partial charge is 0.465 e. The van der Waals surface area contributed by atoms with E-state index in [1.807, 2.05) is 26.0 Å². The summed E-state index contributed by atoms with van der Waals surface area (Å²) < 4.78 is 9.79. The van der Waals surface area contributed by atoms with E-state index >= 15 is 0 Å². The molecule has 1 aromatic carbocycles. The zero-order valence-corrected chi connectivity index (χ0v) is 17.2. The van der Waals surface area contributed by atoms with Gasteiger partial charge in [-0.3, -0.25) is 4.79 Å². The molecule has 0 fully saturated rings. The smallest absolute Gasteiger partial charge is 0.355 e. The molecule has 29 heavy (non-hydrogen) atoms. The molecule has 0 saturated heterocycles. The molecular formula is C22H24N2O5. The lowest BCUT2D eigenvalue weighted by Gasteiger charge is -2.37. The number of hydrogen-bond donors (Lipinski definition) is 0. The Bertz CT molecular complexity index is 971. The molecule has 3 rings (SSSR count). The molecule has 0 bridgehead atoms. The van der Waals surface area contributed by atoms with Crippen LogP contribution in [0, 0.1) is 0 Å². The topological polar surface area (TPSA) is 76.2 Å². The number of hydrogen-bond acceptors (Lipinski definition) is 6. The van der Waals surface area contributed by atoms with Crippen LogP contribution in [0.25, 0.3) is 0 Å². The zero-order chi connectivity index (χ0) is 21.3. The van der Waals surface area contributed by atoms with Gasteiger partial charge in [0.15, 0.2) is 0 Å². The van der Waals surface area contributed by atoms with Crippen molar-refractivity contribution in [2.75, 3.05) is 31.1 Å². The summed E-state index contributed by atoms with van der Waals surface area (Å²) in [7, 11) is 4.27. The van der Waals surface area contributed by atoms with Gasteiger partial charge in [0.05, 0.1) is 19.8 Å². The number of allylic oxidation sites excluding steroid dienone is 2. The second-order valence-corrected chi connectivity index (χ2v) is 7.53. The summed E-state index contributed by atoms with van der Waals surface area (Å²) >= 11 is 0. The van der Waals surface area contributed by atoms with Gasteiger partial charge in [0.2, 0.25) is 5.91 Å². The third-order valence-electron chi connectivity index (χ3n) is 5.21. The number of rotatable bonds is 3. The molecule has 0 unspecified atom stereocenters. The average Bonchev–Trinajstić information content (AvgIpc) is 2.93. The van der Waals surface area contributed by atoms with Gasteiger partial charge in [0.1, 0.15) is 5.70 Å². The lowest BCUT2D eigenvalue weighted by Crippen LogP contribution is -2.39. The number of fused-ring (bicyclic) bond motifs is 1. The Morgan fingerprint density at radius 2 is 1.76 bits per heavy atom. The SMILES string of the molecule is COC(=O)C1=C(C(=O)OC)N(c2ccc3c(c2)C(C)(C)CC(=O)N3C)C=CC=C1. The van der Waals surface area contributed by atoms with Crippen molar-refractivity contribution in [1.82, 2.24) is 0 Å². The van der Waals surface area contributed by atoms with Crippen LogP contribution in [-0.4, -0.2) is 39.1 Å². The summed E-state index contributed by atoms with van der Waals surface area (Å²) in [5.41, 5.74) is 2.25. The molecule has 0 radical (unpaired) electrons. The predicted octanol–water partition coefficient (Wildman–Crippen LogP) is 2.82. The van der Waals surface area contributed by atoms with Crippen LogP contribution < -0.4 is 9.80 Å². The number of methoxy groups -OCH3 is 2. The second kappa shape index (κ2) is 7.58. The van der Waals surface area contributed by atoms with Gasteiger partial charge in [-0.05, 0) is 35.9 Å². The highest BCUT2D eigenvalue weighted by atomic mass is 16.5. The van der Waals surface area contributed by atoms with Gasteiger partial charge >= 0.3 is 11.9 Å². The van der Waals surface area contributed by atoms with Crippen LogP contribution in [0.4, 0.5) is 11.4 Å². The summed E-state index contributed by atoms with van der Waals surface area (Å²) in [4.78, 5) is 40.5. The van der Waals surface area contributed by atoms with Crippen molar-refractivity contribution in [1.29, 1.82) is 0 Å². The van der Waals surface area contributed by atoms with E-state index < -0.39 is 11.9 Å². The van der Waals surface area contributed by atoms with E-state index in [1.165, 1.54) is 20.3 Å². The van der Waals surface area contributed by atoms with Crippen LogP contribution in [0.2, 0.25) is 0 Å². The number of benzene rings is 1. The molecule has 0 spiro atoms. The first kappa shape index (κ1) is 20.4. The zero-order valence-electron chi connectivity index (χ0n) is 17.2. The minimum Gasteiger partial charge on any atom is -0.465 e. The summed E-state index contributed by atoms with van der Waals surface area (Å²) in [5, 5.41) is 0. The van der Waals surface area contributed by atoms with Gasteiger partial charge in [-0.15, -0.1) is 0 Å². The fourth-order valence-electron chi connectivity index (χ4n) is 3.60. The van der Waals surface area contributed by atoms with Crippen LogP contribution in [0.15, 0.2) is 53.9 Å². The maximum Gasteiger partial charge on any atom is 0.355 e. The molecule has 7 heteroatoms. The first-order chi connectivity index (χ1) is 13.7. The summed E-state index contributed by atoms with van der Waals surface area (Å²) in [6.45, 7) is 4.02. The van der Waals surface area contributed by atoms with Crippen molar-refractivity contribution < 1.29 is 23.9 Å². The predicted molar refractivity (Wildman–Crippen MR) is 109 cm³/mol. The Hall–Kier alpha value is -3.35. The second-order valence-electron chi connectivity index (χ2n) is 7.53. The molecule has 0 N–H and O–H groups in total. The molecule has 7 nitrogen and oxygen atoms in total. The molecule has 2 heterocycles. The fourth-order valence-corrected chi connectivity index (χ4v) is 3.60. The molecule has 0 atom stereocenters. The Balaban J connectivity index is 2.20. The van der Waals surface area contributed by atoms with E-state index in [4.69, 9.17) is 9.47 Å². The van der Waals surface area contributed by atoms with Gasteiger partial charge in [-0.1, -0.05) is 19.9 Å². The molecular weight excluding hydrogens is 372 g/mol. The van der Waals surface area contributed by atoms with E-state index in [1.54, 1.807) is 41.3 Å². The third kappa shape index (κ3) is 3.55. The van der Waals surface area contributed by atoms with Crippen molar-refractivity contribution in [2.24, 2.45) is 0 Å². The van der Waals surface area contributed by atoms with Crippen molar-refractivity contribution in [3.63, 3.8) is 0 Å². The maximum atomic E-state index is 12.6. The normalized spacial score (nSPS) is 17.8. The lowest BCUT2D eigenvalue weighted by molar-refractivity contribution is -0.139. The molecule has 0 saturated carbocycles. The van der Waals surface area contributed by atoms with E-state index in [2.05, 4.69) is 0 Å². The van der Waals surface area contributed by atoms with Crippen LogP contribution in [-0.2, 0) is 29.3 Å². The van der Waals surface area contributed by atoms with E-state index in [0.717, 1.165) is 11.3 Å². The van der Waals surface area contributed by atoms with Gasteiger partial charge in [-0.25, -0.2) is 9.59 Å². The molecule has 0 aromatic heterocycles. The summed E-state index contributed by atoms with van der Waals surface area (Å²) in [6, 6.07) is 5.59. The Kier molecular flexibility index (Phi) is 5.33. The van der Waals surface area contributed by atoms with Crippen LogP contribution in [0.5, 0.6) is 0 Å². The highest BCUT2D eigenvalue weighted by Crippen LogP contribution is 2.42. The first-order valence-corrected chi connectivity index (χ1v) is 9.17. The molecule has 1 amide bonds. The molecule has 0 aliphatic carbocycles. The number of ether oxygens (including phenoxy) is 2. The number of amides is 1. The maximum absolute atomic E-state index is 12.6. The van der Waals surface area contributed by atoms with Crippen LogP contribution >= 0.6 is 0 Å². The molecule has 152 valence electrons. The Morgan fingerprint density at radius 1 is 1.07 bits per heavy atom. The number of carbonyl (C=O) groups is 3. The number of nitrogens with zero attached hydrogens (tertiary/aromatic N) is 2. The number of anilines is 2. The van der Waals surface area contributed by atoms with Gasteiger partial charge in [0, 0.05) is 36.5 Å². The van der Waals surface area contributed by atoms with E-state index in [-0.39, 0.29) is 22.6 Å². The van der Waals surface area contributed by atoms with Crippen LogP contribution in [0.3, 0.4) is 0 Å². The van der Waals surface area contributed by atoms with E-state index in [0.29, 0.717) is 12.1 Å². The Morgan fingerprint density at radius 3 is 2.41 bits per heavy atom. The molecule has 2 aliphatic rings.